The van der Waals surface area contributed by atoms with Crippen molar-refractivity contribution in [2.75, 3.05) is 19.0 Å². The molecule has 5 nitrogen and oxygen atoms in total. The molecule has 2 rings (SSSR count). The molecule has 1 N–H and O–H groups in total. The number of thioether (sulfide) groups is 1. The molecule has 1 atom stereocenters. The summed E-state index contributed by atoms with van der Waals surface area (Å²) in [5.74, 6) is 0.671. The molecule has 0 bridgehead atoms. The number of amides is 2. The average molecular weight is 352 g/mol. The number of carbonyl (C=O) groups is 2. The summed E-state index contributed by atoms with van der Waals surface area (Å²) in [5, 5.41) is 2.76. The lowest BCUT2D eigenvalue weighted by Gasteiger charge is -2.15. The minimum absolute atomic E-state index is 0.0619. The molecular weight excluding hydrogens is 332 g/mol. The van der Waals surface area contributed by atoms with Crippen LogP contribution in [0.15, 0.2) is 24.3 Å². The standard InChI is InChI=1S/C16H20N2O3S2/c1-3-13-15(20)18(16(22)23-13)9-5-8-14(19)17-11-6-4-7-12(10-11)21-2/h4,6-7,10,13H,3,5,8-9H2,1-2H3,(H,17,19). The lowest BCUT2D eigenvalue weighted by atomic mass is 10.2. The van der Waals surface area contributed by atoms with E-state index in [1.165, 1.54) is 11.8 Å². The van der Waals surface area contributed by atoms with Crippen LogP contribution in [0.2, 0.25) is 0 Å². The smallest absolute Gasteiger partial charge is 0.241 e. The number of thiocarbonyl (C=S) groups is 1. The molecule has 1 saturated heterocycles. The first-order valence-electron chi connectivity index (χ1n) is 7.51. The first-order chi connectivity index (χ1) is 11.0. The highest BCUT2D eigenvalue weighted by Crippen LogP contribution is 2.29. The lowest BCUT2D eigenvalue weighted by Crippen LogP contribution is -2.32. The summed E-state index contributed by atoms with van der Waals surface area (Å²) in [7, 11) is 1.58. The van der Waals surface area contributed by atoms with Gasteiger partial charge >= 0.3 is 0 Å². The Bertz CT molecular complexity index is 607. The fourth-order valence-electron chi connectivity index (χ4n) is 2.28. The summed E-state index contributed by atoms with van der Waals surface area (Å²) < 4.78 is 5.74. The monoisotopic (exact) mass is 352 g/mol. The summed E-state index contributed by atoms with van der Waals surface area (Å²) in [6, 6.07) is 7.21. The highest BCUT2D eigenvalue weighted by atomic mass is 32.2. The van der Waals surface area contributed by atoms with Crippen LogP contribution in [-0.2, 0) is 9.59 Å². The third kappa shape index (κ3) is 4.68. The molecule has 0 radical (unpaired) electrons. The molecule has 0 aliphatic carbocycles. The predicted octanol–water partition coefficient (Wildman–Crippen LogP) is 3.05. The molecule has 1 aromatic carbocycles. The number of hydrogen-bond donors (Lipinski definition) is 1. The Morgan fingerprint density at radius 3 is 2.91 bits per heavy atom. The molecule has 124 valence electrons. The Kier molecular flexibility index (Phi) is 6.41. The van der Waals surface area contributed by atoms with E-state index < -0.39 is 0 Å². The van der Waals surface area contributed by atoms with Gasteiger partial charge in [-0.25, -0.2) is 0 Å². The quantitative estimate of drug-likeness (QED) is 0.764. The first-order valence-corrected chi connectivity index (χ1v) is 8.79. The molecule has 1 aliphatic rings. The van der Waals surface area contributed by atoms with Crippen molar-refractivity contribution in [2.24, 2.45) is 0 Å². The zero-order valence-electron chi connectivity index (χ0n) is 13.2. The molecule has 0 spiro atoms. The van der Waals surface area contributed by atoms with Crippen LogP contribution in [-0.4, -0.2) is 39.9 Å². The van der Waals surface area contributed by atoms with Crippen molar-refractivity contribution in [3.05, 3.63) is 24.3 Å². The first kappa shape index (κ1) is 17.7. The van der Waals surface area contributed by atoms with Crippen LogP contribution in [0.4, 0.5) is 5.69 Å². The second kappa shape index (κ2) is 8.31. The van der Waals surface area contributed by atoms with Crippen molar-refractivity contribution in [2.45, 2.75) is 31.4 Å². The number of anilines is 1. The van der Waals surface area contributed by atoms with Gasteiger partial charge < -0.3 is 10.1 Å². The van der Waals surface area contributed by atoms with E-state index in [1.807, 2.05) is 25.1 Å². The highest BCUT2D eigenvalue weighted by Gasteiger charge is 2.35. The summed E-state index contributed by atoms with van der Waals surface area (Å²) in [4.78, 5) is 25.7. The van der Waals surface area contributed by atoms with Gasteiger partial charge in [0.2, 0.25) is 11.8 Å². The molecule has 1 unspecified atom stereocenters. The Morgan fingerprint density at radius 2 is 2.26 bits per heavy atom. The van der Waals surface area contributed by atoms with Crippen LogP contribution < -0.4 is 10.1 Å². The zero-order chi connectivity index (χ0) is 16.8. The van der Waals surface area contributed by atoms with Gasteiger partial charge in [0.15, 0.2) is 0 Å². The van der Waals surface area contributed by atoms with Gasteiger partial charge in [-0.05, 0) is 25.0 Å². The normalized spacial score (nSPS) is 17.5. The van der Waals surface area contributed by atoms with E-state index in [-0.39, 0.29) is 17.1 Å². The summed E-state index contributed by atoms with van der Waals surface area (Å²) in [5.41, 5.74) is 0.698. The van der Waals surface area contributed by atoms with Crippen molar-refractivity contribution in [3.8, 4) is 5.75 Å². The largest absolute Gasteiger partial charge is 0.497 e. The minimum atomic E-state index is -0.0875. The lowest BCUT2D eigenvalue weighted by molar-refractivity contribution is -0.126. The van der Waals surface area contributed by atoms with E-state index in [2.05, 4.69) is 5.32 Å². The van der Waals surface area contributed by atoms with Gasteiger partial charge in [-0.1, -0.05) is 37.0 Å². The van der Waals surface area contributed by atoms with Gasteiger partial charge in [-0.15, -0.1) is 0 Å². The molecule has 7 heteroatoms. The van der Waals surface area contributed by atoms with Crippen LogP contribution in [0.5, 0.6) is 5.75 Å². The van der Waals surface area contributed by atoms with E-state index in [9.17, 15) is 9.59 Å². The van der Waals surface area contributed by atoms with Crippen molar-refractivity contribution in [1.82, 2.24) is 4.90 Å². The topological polar surface area (TPSA) is 58.6 Å². The Morgan fingerprint density at radius 1 is 1.48 bits per heavy atom. The number of carbonyl (C=O) groups excluding carboxylic acids is 2. The molecule has 2 amide bonds. The van der Waals surface area contributed by atoms with Crippen LogP contribution in [0, 0.1) is 0 Å². The second-order valence-corrected chi connectivity index (χ2v) is 6.99. The van der Waals surface area contributed by atoms with Gasteiger partial charge in [0.1, 0.15) is 10.1 Å². The number of rotatable bonds is 7. The third-order valence-electron chi connectivity index (χ3n) is 3.51. The molecule has 1 aromatic rings. The molecular formula is C16H20N2O3S2. The third-order valence-corrected chi connectivity index (χ3v) is 5.27. The second-order valence-electron chi connectivity index (χ2n) is 5.15. The number of ether oxygens (including phenoxy) is 1. The van der Waals surface area contributed by atoms with Gasteiger partial charge in [0.05, 0.1) is 12.4 Å². The predicted molar refractivity (Wildman–Crippen MR) is 96.8 cm³/mol. The van der Waals surface area contributed by atoms with Gasteiger partial charge in [0, 0.05) is 24.7 Å². The average Bonchev–Trinajstić information content (AvgIpc) is 2.82. The molecule has 1 fully saturated rings. The van der Waals surface area contributed by atoms with E-state index in [0.717, 1.165) is 6.42 Å². The maximum Gasteiger partial charge on any atom is 0.241 e. The number of nitrogens with one attached hydrogen (secondary N) is 1. The highest BCUT2D eigenvalue weighted by molar-refractivity contribution is 8.24. The van der Waals surface area contributed by atoms with Gasteiger partial charge in [-0.3, -0.25) is 14.5 Å². The number of benzene rings is 1. The van der Waals surface area contributed by atoms with Crippen molar-refractivity contribution >= 4 is 45.8 Å². The molecule has 0 saturated carbocycles. The maximum absolute atomic E-state index is 12.1. The maximum atomic E-state index is 12.1. The van der Waals surface area contributed by atoms with Crippen molar-refractivity contribution in [3.63, 3.8) is 0 Å². The summed E-state index contributed by atoms with van der Waals surface area (Å²) in [6.07, 6.45) is 1.69. The summed E-state index contributed by atoms with van der Waals surface area (Å²) in [6.45, 7) is 2.47. The van der Waals surface area contributed by atoms with E-state index in [0.29, 0.717) is 35.1 Å². The van der Waals surface area contributed by atoms with Crippen LogP contribution in [0.3, 0.4) is 0 Å². The SMILES string of the molecule is CCC1SC(=S)N(CCCC(=O)Nc2cccc(OC)c2)C1=O. The number of hydrogen-bond acceptors (Lipinski definition) is 5. The Balaban J connectivity index is 1.78. The Labute approximate surface area is 145 Å². The molecule has 0 aromatic heterocycles. The number of nitrogens with zero attached hydrogens (tertiary/aromatic N) is 1. The van der Waals surface area contributed by atoms with Crippen LogP contribution in [0.1, 0.15) is 26.2 Å². The van der Waals surface area contributed by atoms with Crippen LogP contribution >= 0.6 is 24.0 Å². The van der Waals surface area contributed by atoms with Crippen molar-refractivity contribution in [1.29, 1.82) is 0 Å². The van der Waals surface area contributed by atoms with Gasteiger partial charge in [-0.2, -0.15) is 0 Å². The summed E-state index contributed by atoms with van der Waals surface area (Å²) >= 11 is 6.67. The van der Waals surface area contributed by atoms with E-state index in [1.54, 1.807) is 18.1 Å². The fraction of sp³-hybridized carbons (Fsp3) is 0.438. The van der Waals surface area contributed by atoms with Crippen LogP contribution in [0.25, 0.3) is 0 Å². The van der Waals surface area contributed by atoms with E-state index >= 15 is 0 Å². The van der Waals surface area contributed by atoms with E-state index in [4.69, 9.17) is 17.0 Å². The van der Waals surface area contributed by atoms with Crippen molar-refractivity contribution < 1.29 is 14.3 Å². The Hall–Kier alpha value is -1.60. The fourth-order valence-corrected chi connectivity index (χ4v) is 3.76. The molecule has 1 heterocycles. The minimum Gasteiger partial charge on any atom is -0.497 e. The molecule has 1 aliphatic heterocycles. The number of methoxy groups -OCH3 is 1. The van der Waals surface area contributed by atoms with Gasteiger partial charge in [0.25, 0.3) is 0 Å². The zero-order valence-corrected chi connectivity index (χ0v) is 14.8. The molecule has 23 heavy (non-hydrogen) atoms.